The summed E-state index contributed by atoms with van der Waals surface area (Å²) >= 11 is 0. The highest BCUT2D eigenvalue weighted by Crippen LogP contribution is 2.21. The Labute approximate surface area is 122 Å². The summed E-state index contributed by atoms with van der Waals surface area (Å²) in [5.74, 6) is -0.257. The number of carboxylic acids is 1. The highest BCUT2D eigenvalue weighted by molar-refractivity contribution is 5.79. The molecule has 7 heteroatoms. The van der Waals surface area contributed by atoms with Crippen LogP contribution in [-0.2, 0) is 11.3 Å². The fourth-order valence-corrected chi connectivity index (χ4v) is 2.85. The summed E-state index contributed by atoms with van der Waals surface area (Å²) in [7, 11) is 0. The smallest absolute Gasteiger partial charge is 0.325 e. The molecule has 3 rings (SSSR count). The Morgan fingerprint density at radius 2 is 2.24 bits per heavy atom. The Morgan fingerprint density at radius 1 is 1.48 bits per heavy atom. The lowest BCUT2D eigenvalue weighted by atomic mass is 10.0. The van der Waals surface area contributed by atoms with Crippen molar-refractivity contribution in [3.05, 3.63) is 29.3 Å². The number of imidazole rings is 1. The number of aryl methyl sites for hydroxylation is 2. The van der Waals surface area contributed by atoms with Crippen molar-refractivity contribution in [3.63, 3.8) is 0 Å². The summed E-state index contributed by atoms with van der Waals surface area (Å²) in [5, 5.41) is 9.16. The summed E-state index contributed by atoms with van der Waals surface area (Å²) in [6.07, 6.45) is 2.42. The molecule has 2 aromatic rings. The van der Waals surface area contributed by atoms with E-state index >= 15 is 0 Å². The number of hydrogen-bond donors (Lipinski definition) is 2. The lowest BCUT2D eigenvalue weighted by Gasteiger charge is -2.19. The number of rotatable bonds is 3. The van der Waals surface area contributed by atoms with Crippen molar-refractivity contribution >= 4 is 11.7 Å². The molecule has 0 aromatic carbocycles. The second-order valence-corrected chi connectivity index (χ2v) is 5.86. The number of carboxylic acid groups (broad SMARTS) is 1. The van der Waals surface area contributed by atoms with Gasteiger partial charge < -0.3 is 10.8 Å². The maximum absolute atomic E-state index is 11.2. The highest BCUT2D eigenvalue weighted by Gasteiger charge is 2.41. The number of nitrogens with two attached hydrogens (primary N) is 1. The lowest BCUT2D eigenvalue weighted by Crippen LogP contribution is -2.50. The molecule has 1 atom stereocenters. The molecule has 0 spiro atoms. The van der Waals surface area contributed by atoms with Crippen LogP contribution >= 0.6 is 0 Å². The van der Waals surface area contributed by atoms with Crippen LogP contribution in [0.2, 0.25) is 0 Å². The van der Waals surface area contributed by atoms with Crippen LogP contribution < -0.4 is 5.73 Å². The normalized spacial score (nSPS) is 23.0. The van der Waals surface area contributed by atoms with Gasteiger partial charge in [0.15, 0.2) is 0 Å². The number of carbonyl (C=O) groups is 1. The number of fused-ring (bicyclic) bond motifs is 1. The molecule has 1 aliphatic rings. The van der Waals surface area contributed by atoms with Gasteiger partial charge in [0.05, 0.1) is 5.69 Å². The second kappa shape index (κ2) is 4.78. The summed E-state index contributed by atoms with van der Waals surface area (Å²) in [6.45, 7) is 5.56. The first kappa shape index (κ1) is 14.0. The number of likely N-dealkylation sites (tertiary alicyclic amines) is 1. The molecular weight excluding hydrogens is 270 g/mol. The second-order valence-electron chi connectivity index (χ2n) is 5.86. The fraction of sp³-hybridized carbons (Fsp3) is 0.500. The van der Waals surface area contributed by atoms with Crippen LogP contribution in [0.4, 0.5) is 0 Å². The number of aliphatic carboxylic acids is 1. The monoisotopic (exact) mass is 289 g/mol. The van der Waals surface area contributed by atoms with Crippen LogP contribution in [0.25, 0.3) is 5.78 Å². The highest BCUT2D eigenvalue weighted by atomic mass is 16.4. The average Bonchev–Trinajstić information content (AvgIpc) is 2.94. The molecule has 0 radical (unpaired) electrons. The zero-order valence-corrected chi connectivity index (χ0v) is 12.2. The van der Waals surface area contributed by atoms with Crippen molar-refractivity contribution in [2.24, 2.45) is 5.73 Å². The molecule has 0 aliphatic carbocycles. The van der Waals surface area contributed by atoms with Gasteiger partial charge in [0, 0.05) is 37.2 Å². The molecule has 0 bridgehead atoms. The standard InChI is InChI=1S/C14H19N5O2/c1-9-5-10(2)19-7-11(17-13(19)16-9)6-18-4-3-14(15,8-18)12(20)21/h5,7H,3-4,6,8,15H2,1-2H3,(H,20,21). The number of aromatic nitrogens is 3. The van der Waals surface area contributed by atoms with Gasteiger partial charge >= 0.3 is 5.97 Å². The molecule has 1 unspecified atom stereocenters. The van der Waals surface area contributed by atoms with Crippen molar-refractivity contribution in [3.8, 4) is 0 Å². The molecule has 1 saturated heterocycles. The zero-order chi connectivity index (χ0) is 15.2. The van der Waals surface area contributed by atoms with Crippen LogP contribution in [0.3, 0.4) is 0 Å². The van der Waals surface area contributed by atoms with E-state index in [1.807, 2.05) is 35.4 Å². The maximum Gasteiger partial charge on any atom is 0.325 e. The molecule has 21 heavy (non-hydrogen) atoms. The number of nitrogens with zero attached hydrogens (tertiary/aromatic N) is 4. The van der Waals surface area contributed by atoms with E-state index in [0.717, 1.165) is 17.1 Å². The third-order valence-electron chi connectivity index (χ3n) is 4.00. The van der Waals surface area contributed by atoms with Crippen molar-refractivity contribution < 1.29 is 9.90 Å². The van der Waals surface area contributed by atoms with E-state index in [2.05, 4.69) is 9.97 Å². The summed E-state index contributed by atoms with van der Waals surface area (Å²) in [5.41, 5.74) is 7.65. The third kappa shape index (κ3) is 2.50. The summed E-state index contributed by atoms with van der Waals surface area (Å²) in [6, 6.07) is 2.00. The average molecular weight is 289 g/mol. The first-order chi connectivity index (χ1) is 9.87. The predicted molar refractivity (Wildman–Crippen MR) is 76.9 cm³/mol. The van der Waals surface area contributed by atoms with E-state index in [9.17, 15) is 4.79 Å². The molecule has 0 amide bonds. The Kier molecular flexibility index (Phi) is 3.18. The molecule has 3 heterocycles. The minimum atomic E-state index is -1.14. The van der Waals surface area contributed by atoms with E-state index in [1.165, 1.54) is 0 Å². The molecular formula is C14H19N5O2. The minimum absolute atomic E-state index is 0.349. The van der Waals surface area contributed by atoms with Crippen LogP contribution in [0.5, 0.6) is 0 Å². The predicted octanol–water partition coefficient (Wildman–Crippen LogP) is 0.334. The van der Waals surface area contributed by atoms with Crippen molar-refractivity contribution in [2.45, 2.75) is 32.4 Å². The molecule has 1 aliphatic heterocycles. The maximum atomic E-state index is 11.2. The minimum Gasteiger partial charge on any atom is -0.480 e. The van der Waals surface area contributed by atoms with Crippen LogP contribution in [0.15, 0.2) is 12.3 Å². The first-order valence-electron chi connectivity index (χ1n) is 6.94. The zero-order valence-electron chi connectivity index (χ0n) is 12.2. The van der Waals surface area contributed by atoms with Gasteiger partial charge in [-0.1, -0.05) is 0 Å². The molecule has 7 nitrogen and oxygen atoms in total. The lowest BCUT2D eigenvalue weighted by molar-refractivity contribution is -0.142. The first-order valence-corrected chi connectivity index (χ1v) is 6.94. The third-order valence-corrected chi connectivity index (χ3v) is 4.00. The van der Waals surface area contributed by atoms with Gasteiger partial charge in [-0.15, -0.1) is 0 Å². The van der Waals surface area contributed by atoms with Gasteiger partial charge in [-0.05, 0) is 26.3 Å². The molecule has 112 valence electrons. The Hall–Kier alpha value is -1.99. The van der Waals surface area contributed by atoms with Crippen molar-refractivity contribution in [2.75, 3.05) is 13.1 Å². The van der Waals surface area contributed by atoms with Crippen molar-refractivity contribution in [1.82, 2.24) is 19.3 Å². The summed E-state index contributed by atoms with van der Waals surface area (Å²) < 4.78 is 1.95. The van der Waals surface area contributed by atoms with Gasteiger partial charge in [-0.25, -0.2) is 9.97 Å². The molecule has 1 fully saturated rings. The van der Waals surface area contributed by atoms with Gasteiger partial charge in [-0.2, -0.15) is 0 Å². The summed E-state index contributed by atoms with van der Waals surface area (Å²) in [4.78, 5) is 22.1. The van der Waals surface area contributed by atoms with E-state index in [-0.39, 0.29) is 0 Å². The van der Waals surface area contributed by atoms with Crippen LogP contribution in [0, 0.1) is 13.8 Å². The van der Waals surface area contributed by atoms with Crippen molar-refractivity contribution in [1.29, 1.82) is 0 Å². The fourth-order valence-electron chi connectivity index (χ4n) is 2.85. The quantitative estimate of drug-likeness (QED) is 0.845. The van der Waals surface area contributed by atoms with E-state index < -0.39 is 11.5 Å². The number of hydrogen-bond acceptors (Lipinski definition) is 5. The van der Waals surface area contributed by atoms with E-state index in [1.54, 1.807) is 0 Å². The Bertz CT molecular complexity index is 711. The van der Waals surface area contributed by atoms with Gasteiger partial charge in [0.1, 0.15) is 5.54 Å². The Morgan fingerprint density at radius 3 is 2.90 bits per heavy atom. The van der Waals surface area contributed by atoms with Gasteiger partial charge in [0.25, 0.3) is 0 Å². The van der Waals surface area contributed by atoms with Gasteiger partial charge in [-0.3, -0.25) is 14.1 Å². The molecule has 3 N–H and O–H groups in total. The van der Waals surface area contributed by atoms with Crippen LogP contribution in [0.1, 0.15) is 23.5 Å². The largest absolute Gasteiger partial charge is 0.480 e. The van der Waals surface area contributed by atoms with E-state index in [4.69, 9.17) is 10.8 Å². The van der Waals surface area contributed by atoms with Gasteiger partial charge in [0.2, 0.25) is 5.78 Å². The van der Waals surface area contributed by atoms with E-state index in [0.29, 0.717) is 31.8 Å². The molecule has 0 saturated carbocycles. The molecule has 2 aromatic heterocycles. The topological polar surface area (TPSA) is 96.8 Å². The Balaban J connectivity index is 1.80. The SMILES string of the molecule is Cc1cc(C)n2cc(CN3CCC(N)(C(=O)O)C3)nc2n1. The van der Waals surface area contributed by atoms with Crippen LogP contribution in [-0.4, -0.2) is 49.0 Å².